The van der Waals surface area contributed by atoms with Gasteiger partial charge in [-0.25, -0.2) is 0 Å². The highest BCUT2D eigenvalue weighted by molar-refractivity contribution is 7.16. The number of aromatic nitrogens is 2. The molecule has 2 aromatic carbocycles. The first-order chi connectivity index (χ1) is 17.7. The number of hydrogen-bond donors (Lipinski definition) is 0. The predicted octanol–water partition coefficient (Wildman–Crippen LogP) is 6.31. The summed E-state index contributed by atoms with van der Waals surface area (Å²) in [6.45, 7) is 8.44. The number of aryl methyl sites for hydroxylation is 6. The lowest BCUT2D eigenvalue weighted by Crippen LogP contribution is -2.13. The maximum atomic E-state index is 12.4. The zero-order valence-corrected chi connectivity index (χ0v) is 24.3. The fourth-order valence-electron chi connectivity index (χ4n) is 4.68. The molecule has 0 bridgehead atoms. The number of rotatable bonds is 8. The van der Waals surface area contributed by atoms with Crippen molar-refractivity contribution in [3.05, 3.63) is 56.1 Å². The van der Waals surface area contributed by atoms with Crippen molar-refractivity contribution in [3.8, 4) is 0 Å². The van der Waals surface area contributed by atoms with E-state index in [9.17, 15) is 9.59 Å². The van der Waals surface area contributed by atoms with E-state index in [0.29, 0.717) is 12.8 Å². The number of carbonyl (C=O) groups excluding carboxylic acids is 2. The summed E-state index contributed by atoms with van der Waals surface area (Å²) < 4.78 is 6.38. The van der Waals surface area contributed by atoms with Gasteiger partial charge in [0.25, 0.3) is 0 Å². The van der Waals surface area contributed by atoms with Crippen LogP contribution in [0.25, 0.3) is 20.4 Å². The molecule has 2 heterocycles. The molecule has 0 radical (unpaired) electrons. The molecule has 2 amide bonds. The van der Waals surface area contributed by atoms with Crippen LogP contribution in [0.1, 0.15) is 67.2 Å². The molecule has 4 rings (SSSR count). The second-order valence-electron chi connectivity index (χ2n) is 9.87. The maximum Gasteiger partial charge on any atom is 0.248 e. The van der Waals surface area contributed by atoms with Gasteiger partial charge in [0.15, 0.2) is 9.60 Å². The van der Waals surface area contributed by atoms with Crippen LogP contribution >= 0.6 is 22.7 Å². The Morgan fingerprint density at radius 3 is 1.43 bits per heavy atom. The van der Waals surface area contributed by atoms with Gasteiger partial charge in [-0.2, -0.15) is 9.98 Å². The van der Waals surface area contributed by atoms with E-state index < -0.39 is 0 Å². The van der Waals surface area contributed by atoms with Gasteiger partial charge in [-0.05, 0) is 74.9 Å². The Balaban J connectivity index is 1.22. The molecule has 0 aliphatic rings. The topological polar surface area (TPSA) is 68.7 Å². The highest BCUT2D eigenvalue weighted by Gasteiger charge is 2.10. The first kappa shape index (κ1) is 27.2. The average molecular weight is 537 g/mol. The highest BCUT2D eigenvalue weighted by atomic mass is 32.1. The third-order valence-electron chi connectivity index (χ3n) is 7.20. The Bertz CT molecular complexity index is 1490. The van der Waals surface area contributed by atoms with Crippen LogP contribution < -0.4 is 9.60 Å². The third kappa shape index (κ3) is 6.02. The highest BCUT2D eigenvalue weighted by Crippen LogP contribution is 2.24. The largest absolute Gasteiger partial charge is 0.319 e. The van der Waals surface area contributed by atoms with E-state index in [1.54, 1.807) is 22.7 Å². The van der Waals surface area contributed by atoms with Crippen molar-refractivity contribution in [2.45, 2.75) is 72.6 Å². The summed E-state index contributed by atoms with van der Waals surface area (Å²) in [6.07, 6.45) is 5.50. The smallest absolute Gasteiger partial charge is 0.248 e. The van der Waals surface area contributed by atoms with E-state index in [0.717, 1.165) is 62.1 Å². The lowest BCUT2D eigenvalue weighted by atomic mass is 10.1. The van der Waals surface area contributed by atoms with Crippen molar-refractivity contribution < 1.29 is 9.59 Å². The summed E-state index contributed by atoms with van der Waals surface area (Å²) in [7, 11) is 3.96. The van der Waals surface area contributed by atoms with E-state index in [1.807, 2.05) is 23.2 Å². The maximum absolute atomic E-state index is 12.4. The number of unbranched alkanes of at least 4 members (excludes halogenated alkanes) is 4. The van der Waals surface area contributed by atoms with Crippen LogP contribution in [0.5, 0.6) is 0 Å². The average Bonchev–Trinajstić information content (AvgIpc) is 3.34. The van der Waals surface area contributed by atoms with Crippen LogP contribution in [0.3, 0.4) is 0 Å². The number of benzene rings is 2. The van der Waals surface area contributed by atoms with Crippen molar-refractivity contribution in [3.63, 3.8) is 0 Å². The molecule has 0 unspecified atom stereocenters. The minimum Gasteiger partial charge on any atom is -0.319 e. The van der Waals surface area contributed by atoms with Gasteiger partial charge in [0.05, 0.1) is 20.4 Å². The van der Waals surface area contributed by atoms with Crippen LogP contribution in [0.15, 0.2) is 34.3 Å². The van der Waals surface area contributed by atoms with Crippen molar-refractivity contribution in [1.29, 1.82) is 0 Å². The molecule has 0 spiro atoms. The van der Waals surface area contributed by atoms with Crippen LogP contribution in [0, 0.1) is 27.7 Å². The van der Waals surface area contributed by atoms with Crippen LogP contribution in [-0.2, 0) is 23.7 Å². The predicted molar refractivity (Wildman–Crippen MR) is 154 cm³/mol. The zero-order valence-electron chi connectivity index (χ0n) is 22.7. The van der Waals surface area contributed by atoms with Gasteiger partial charge in [-0.1, -0.05) is 54.1 Å². The normalized spacial score (nSPS) is 12.8. The Hall–Kier alpha value is -2.84. The summed E-state index contributed by atoms with van der Waals surface area (Å²) in [4.78, 5) is 35.2. The number of amides is 2. The molecular weight excluding hydrogens is 500 g/mol. The lowest BCUT2D eigenvalue weighted by Gasteiger charge is -2.03. The molecule has 0 saturated carbocycles. The van der Waals surface area contributed by atoms with Crippen LogP contribution in [-0.4, -0.2) is 20.9 Å². The second kappa shape index (κ2) is 11.7. The van der Waals surface area contributed by atoms with E-state index in [4.69, 9.17) is 0 Å². The number of carbonyl (C=O) groups is 2. The van der Waals surface area contributed by atoms with Crippen molar-refractivity contribution in [1.82, 2.24) is 9.13 Å². The fourth-order valence-corrected chi connectivity index (χ4v) is 6.87. The first-order valence-corrected chi connectivity index (χ1v) is 14.6. The van der Waals surface area contributed by atoms with Crippen LogP contribution in [0.2, 0.25) is 0 Å². The molecule has 0 aliphatic heterocycles. The third-order valence-corrected chi connectivity index (χ3v) is 9.39. The minimum atomic E-state index is -0.0628. The molecule has 8 heteroatoms. The van der Waals surface area contributed by atoms with Gasteiger partial charge in [-0.3, -0.25) is 9.59 Å². The summed E-state index contributed by atoms with van der Waals surface area (Å²) in [5.74, 6) is -0.126. The SMILES string of the molecule is Cc1ccc2sc(=NC(=O)CCCCCCCC(=O)N=c3sc4ccc(C)c(C)c4n3C)n(C)c2c1C. The van der Waals surface area contributed by atoms with Gasteiger partial charge in [0, 0.05) is 26.9 Å². The summed E-state index contributed by atoms with van der Waals surface area (Å²) >= 11 is 3.13. The molecule has 0 atom stereocenters. The van der Waals surface area contributed by atoms with Crippen molar-refractivity contribution in [2.24, 2.45) is 24.1 Å². The Labute approximate surface area is 226 Å². The van der Waals surface area contributed by atoms with E-state index in [-0.39, 0.29) is 11.8 Å². The second-order valence-corrected chi connectivity index (χ2v) is 11.9. The molecule has 0 aliphatic carbocycles. The Morgan fingerprint density at radius 2 is 1.03 bits per heavy atom. The quantitative estimate of drug-likeness (QED) is 0.248. The van der Waals surface area contributed by atoms with E-state index >= 15 is 0 Å². The van der Waals surface area contributed by atoms with E-state index in [2.05, 4.69) is 61.9 Å². The number of thiazole rings is 2. The number of nitrogens with zero attached hydrogens (tertiary/aromatic N) is 4. The monoisotopic (exact) mass is 536 g/mol. The molecule has 0 saturated heterocycles. The van der Waals surface area contributed by atoms with Gasteiger partial charge >= 0.3 is 0 Å². The fraction of sp³-hybridized carbons (Fsp3) is 0.448. The lowest BCUT2D eigenvalue weighted by molar-refractivity contribution is -0.118. The van der Waals surface area contributed by atoms with Crippen LogP contribution in [0.4, 0.5) is 0 Å². The first-order valence-electron chi connectivity index (χ1n) is 12.9. The van der Waals surface area contributed by atoms with E-state index in [1.165, 1.54) is 22.3 Å². The summed E-state index contributed by atoms with van der Waals surface area (Å²) in [5.41, 5.74) is 7.27. The van der Waals surface area contributed by atoms with Gasteiger partial charge in [0.2, 0.25) is 11.8 Å². The molecule has 0 N–H and O–H groups in total. The minimum absolute atomic E-state index is 0.0628. The number of fused-ring (bicyclic) bond motifs is 2. The van der Waals surface area contributed by atoms with Crippen molar-refractivity contribution >= 4 is 54.9 Å². The summed E-state index contributed by atoms with van der Waals surface area (Å²) in [5, 5.41) is 0. The molecule has 2 aromatic heterocycles. The Morgan fingerprint density at radius 1 is 0.649 bits per heavy atom. The summed E-state index contributed by atoms with van der Waals surface area (Å²) in [6, 6.07) is 8.45. The molecule has 37 heavy (non-hydrogen) atoms. The molecule has 6 nitrogen and oxygen atoms in total. The van der Waals surface area contributed by atoms with Gasteiger partial charge in [-0.15, -0.1) is 0 Å². The molecule has 196 valence electrons. The number of hydrogen-bond acceptors (Lipinski definition) is 4. The molecule has 4 aromatic rings. The van der Waals surface area contributed by atoms with Gasteiger partial charge in [0.1, 0.15) is 0 Å². The zero-order chi connectivity index (χ0) is 26.7. The Kier molecular flexibility index (Phi) is 8.60. The van der Waals surface area contributed by atoms with Gasteiger partial charge < -0.3 is 9.13 Å². The molecular formula is C29H36N4O2S2. The van der Waals surface area contributed by atoms with Crippen molar-refractivity contribution in [2.75, 3.05) is 0 Å². The molecule has 0 fully saturated rings. The standard InChI is InChI=1S/C29H36N4O2S2/c1-18-14-16-22-26(20(18)3)32(5)28(36-22)30-24(34)12-10-8-7-9-11-13-25(35)31-29-33(6)27-21(4)19(2)15-17-23(27)37-29/h14-17H,7-13H2,1-6H3.